The maximum Gasteiger partial charge on any atom is 0.263 e. The van der Waals surface area contributed by atoms with Crippen molar-refractivity contribution < 1.29 is 4.52 Å². The van der Waals surface area contributed by atoms with Crippen LogP contribution in [0.3, 0.4) is 0 Å². The van der Waals surface area contributed by atoms with Gasteiger partial charge in [0.2, 0.25) is 0 Å². The number of aryl methyl sites for hydroxylation is 1. The van der Waals surface area contributed by atoms with E-state index in [1.807, 2.05) is 0 Å². The van der Waals surface area contributed by atoms with Crippen LogP contribution in [0.5, 0.6) is 0 Å². The van der Waals surface area contributed by atoms with Gasteiger partial charge in [-0.15, -0.1) is 0 Å². The minimum absolute atomic E-state index is 0.411. The molecule has 0 aliphatic heterocycles. The van der Waals surface area contributed by atoms with Crippen LogP contribution in [0, 0.1) is 6.92 Å². The van der Waals surface area contributed by atoms with Crippen LogP contribution >= 0.6 is 0 Å². The molecule has 2 rings (SSSR count). The van der Waals surface area contributed by atoms with Crippen molar-refractivity contribution in [1.82, 2.24) is 15.1 Å². The van der Waals surface area contributed by atoms with Crippen molar-refractivity contribution in [2.24, 2.45) is 0 Å². The molecular weight excluding hydrogens is 144 g/mol. The summed E-state index contributed by atoms with van der Waals surface area (Å²) in [5.74, 6) is 1.00. The Balaban J connectivity index is 2.91. The van der Waals surface area contributed by atoms with E-state index < -0.39 is 0 Å². The van der Waals surface area contributed by atoms with E-state index in [9.17, 15) is 0 Å². The average molecular weight is 150 g/mol. The lowest BCUT2D eigenvalue weighted by Gasteiger charge is -1.92. The van der Waals surface area contributed by atoms with Crippen molar-refractivity contribution >= 4 is 16.9 Å². The number of nitrogen functional groups attached to an aromatic ring is 1. The fraction of sp³-hybridized carbons (Fsp3) is 0.167. The number of hydrogen-bond donors (Lipinski definition) is 1. The molecule has 2 N–H and O–H groups in total. The van der Waals surface area contributed by atoms with E-state index in [1.54, 1.807) is 6.92 Å². The molecule has 2 aromatic heterocycles. The van der Waals surface area contributed by atoms with Gasteiger partial charge in [0.05, 0.1) is 6.20 Å². The zero-order valence-electron chi connectivity index (χ0n) is 5.90. The van der Waals surface area contributed by atoms with Crippen LogP contribution in [0.15, 0.2) is 10.7 Å². The van der Waals surface area contributed by atoms with E-state index in [0.29, 0.717) is 22.7 Å². The Bertz CT molecular complexity index is 394. The van der Waals surface area contributed by atoms with E-state index >= 15 is 0 Å². The molecule has 0 bridgehead atoms. The number of nitrogens with zero attached hydrogens (tertiary/aromatic N) is 3. The van der Waals surface area contributed by atoms with Crippen LogP contribution in [-0.4, -0.2) is 15.1 Å². The molecule has 2 aromatic rings. The molecule has 0 unspecified atom stereocenters. The smallest absolute Gasteiger partial charge is 0.263 e. The molecule has 2 heterocycles. The second-order valence-corrected chi connectivity index (χ2v) is 2.20. The molecule has 0 aliphatic rings. The summed E-state index contributed by atoms with van der Waals surface area (Å²) in [5.41, 5.74) is 5.99. The Morgan fingerprint density at radius 2 is 2.27 bits per heavy atom. The van der Waals surface area contributed by atoms with Gasteiger partial charge in [0.15, 0.2) is 0 Å². The summed E-state index contributed by atoms with van der Waals surface area (Å²) >= 11 is 0. The zero-order chi connectivity index (χ0) is 7.84. The Morgan fingerprint density at radius 1 is 1.45 bits per heavy atom. The normalized spacial score (nSPS) is 10.6. The van der Waals surface area contributed by atoms with E-state index in [-0.39, 0.29) is 0 Å². The maximum atomic E-state index is 5.55. The molecule has 0 amide bonds. The van der Waals surface area contributed by atoms with Crippen molar-refractivity contribution in [1.29, 1.82) is 0 Å². The minimum Gasteiger partial charge on any atom is -0.383 e. The highest BCUT2D eigenvalue weighted by Crippen LogP contribution is 2.15. The predicted octanol–water partition coefficient (Wildman–Crippen LogP) is 0.508. The lowest BCUT2D eigenvalue weighted by molar-refractivity contribution is 0.448. The third kappa shape index (κ3) is 0.813. The molecule has 0 spiro atoms. The van der Waals surface area contributed by atoms with Crippen molar-refractivity contribution in [2.75, 3.05) is 5.73 Å². The molecule has 0 radical (unpaired) electrons. The van der Waals surface area contributed by atoms with Gasteiger partial charge in [-0.2, -0.15) is 4.98 Å². The second kappa shape index (κ2) is 1.91. The van der Waals surface area contributed by atoms with Crippen molar-refractivity contribution in [3.63, 3.8) is 0 Å². The summed E-state index contributed by atoms with van der Waals surface area (Å²) in [6.07, 6.45) is 1.50. The average Bonchev–Trinajstić information content (AvgIpc) is 2.34. The summed E-state index contributed by atoms with van der Waals surface area (Å²) in [6, 6.07) is 0. The topological polar surface area (TPSA) is 77.8 Å². The van der Waals surface area contributed by atoms with Gasteiger partial charge < -0.3 is 10.3 Å². The van der Waals surface area contributed by atoms with E-state index in [2.05, 4.69) is 15.1 Å². The number of fused-ring (bicyclic) bond motifs is 1. The largest absolute Gasteiger partial charge is 0.383 e. The zero-order valence-corrected chi connectivity index (χ0v) is 5.90. The third-order valence-electron chi connectivity index (χ3n) is 1.37. The van der Waals surface area contributed by atoms with Crippen LogP contribution in [0.25, 0.3) is 11.1 Å². The third-order valence-corrected chi connectivity index (χ3v) is 1.37. The fourth-order valence-corrected chi connectivity index (χ4v) is 0.896. The monoisotopic (exact) mass is 150 g/mol. The van der Waals surface area contributed by atoms with Crippen molar-refractivity contribution in [2.45, 2.75) is 6.92 Å². The van der Waals surface area contributed by atoms with E-state index in [4.69, 9.17) is 10.3 Å². The first kappa shape index (κ1) is 6.09. The molecule has 0 atom stereocenters. The lowest BCUT2D eigenvalue weighted by Crippen LogP contribution is -1.94. The molecule has 56 valence electrons. The Hall–Kier alpha value is -1.65. The van der Waals surface area contributed by atoms with Crippen LogP contribution in [-0.2, 0) is 0 Å². The highest BCUT2D eigenvalue weighted by Gasteiger charge is 2.04. The van der Waals surface area contributed by atoms with Gasteiger partial charge in [-0.25, -0.2) is 4.98 Å². The summed E-state index contributed by atoms with van der Waals surface area (Å²) < 4.78 is 4.80. The summed E-state index contributed by atoms with van der Waals surface area (Å²) in [7, 11) is 0. The Kier molecular flexibility index (Phi) is 1.06. The fourth-order valence-electron chi connectivity index (χ4n) is 0.896. The van der Waals surface area contributed by atoms with Gasteiger partial charge in [-0.3, -0.25) is 0 Å². The van der Waals surface area contributed by atoms with E-state index in [1.165, 1.54) is 6.20 Å². The standard InChI is InChI=1S/C6H6N4O/c1-3-9-5(7)4-2-8-11-6(4)10-3/h2H,1H3,(H2,7,9,10). The van der Waals surface area contributed by atoms with Crippen LogP contribution in [0.1, 0.15) is 5.82 Å². The molecule has 0 saturated carbocycles. The first-order chi connectivity index (χ1) is 5.27. The maximum absolute atomic E-state index is 5.55. The van der Waals surface area contributed by atoms with Crippen molar-refractivity contribution in [3.8, 4) is 0 Å². The van der Waals surface area contributed by atoms with Gasteiger partial charge in [0.1, 0.15) is 17.0 Å². The Labute approximate surface area is 62.2 Å². The highest BCUT2D eigenvalue weighted by molar-refractivity contribution is 5.82. The minimum atomic E-state index is 0.411. The van der Waals surface area contributed by atoms with Crippen LogP contribution in [0.4, 0.5) is 5.82 Å². The molecule has 0 aliphatic carbocycles. The molecule has 11 heavy (non-hydrogen) atoms. The summed E-state index contributed by atoms with van der Waals surface area (Å²) in [5, 5.41) is 4.21. The quantitative estimate of drug-likeness (QED) is 0.591. The van der Waals surface area contributed by atoms with Gasteiger partial charge in [-0.1, -0.05) is 5.16 Å². The number of anilines is 1. The molecule has 0 fully saturated rings. The van der Waals surface area contributed by atoms with Crippen LogP contribution < -0.4 is 5.73 Å². The van der Waals surface area contributed by atoms with Crippen LogP contribution in [0.2, 0.25) is 0 Å². The number of aromatic nitrogens is 3. The van der Waals surface area contributed by atoms with Gasteiger partial charge >= 0.3 is 0 Å². The molecule has 0 aromatic carbocycles. The van der Waals surface area contributed by atoms with Gasteiger partial charge in [0, 0.05) is 0 Å². The molecule has 5 heteroatoms. The first-order valence-electron chi connectivity index (χ1n) is 3.12. The SMILES string of the molecule is Cc1nc(N)c2cnoc2n1. The van der Waals surface area contributed by atoms with Gasteiger partial charge in [-0.05, 0) is 6.92 Å². The lowest BCUT2D eigenvalue weighted by atomic mass is 10.4. The van der Waals surface area contributed by atoms with E-state index in [0.717, 1.165) is 0 Å². The van der Waals surface area contributed by atoms with Gasteiger partial charge in [0.25, 0.3) is 5.71 Å². The highest BCUT2D eigenvalue weighted by atomic mass is 16.5. The first-order valence-corrected chi connectivity index (χ1v) is 3.12. The number of hydrogen-bond acceptors (Lipinski definition) is 5. The molecule has 5 nitrogen and oxygen atoms in total. The predicted molar refractivity (Wildman–Crippen MR) is 38.7 cm³/mol. The number of rotatable bonds is 0. The molecular formula is C6H6N4O. The summed E-state index contributed by atoms with van der Waals surface area (Å²) in [4.78, 5) is 7.92. The molecule has 0 saturated heterocycles. The Morgan fingerprint density at radius 3 is 3.09 bits per heavy atom. The van der Waals surface area contributed by atoms with Crippen molar-refractivity contribution in [3.05, 3.63) is 12.0 Å². The second-order valence-electron chi connectivity index (χ2n) is 2.20. The number of nitrogens with two attached hydrogens (primary N) is 1. The summed E-state index contributed by atoms with van der Waals surface area (Å²) in [6.45, 7) is 1.75.